The van der Waals surface area contributed by atoms with Crippen LogP contribution in [0.2, 0.25) is 0 Å². The number of amidine groups is 1. The first-order chi connectivity index (χ1) is 16.3. The van der Waals surface area contributed by atoms with Crippen molar-refractivity contribution in [2.75, 3.05) is 17.4 Å². The normalized spacial score (nSPS) is 17.8. The lowest BCUT2D eigenvalue weighted by molar-refractivity contribution is 0.162. The van der Waals surface area contributed by atoms with E-state index in [0.717, 1.165) is 53.6 Å². The van der Waals surface area contributed by atoms with Crippen LogP contribution in [0.25, 0.3) is 16.8 Å². The predicted octanol–water partition coefficient (Wildman–Crippen LogP) is 3.97. The van der Waals surface area contributed by atoms with Crippen molar-refractivity contribution < 1.29 is 13.2 Å². The summed E-state index contributed by atoms with van der Waals surface area (Å²) in [6.45, 7) is 3.72. The monoisotopic (exact) mass is 476 g/mol. The molecule has 5 rings (SSSR count). The van der Waals surface area contributed by atoms with Gasteiger partial charge in [0.15, 0.2) is 0 Å². The fraction of sp³-hybridized carbons (Fsp3) is 0.269. The topological polar surface area (TPSA) is 109 Å². The molecule has 2 aliphatic rings. The molecule has 1 fully saturated rings. The molecule has 0 amide bonds. The lowest BCUT2D eigenvalue weighted by atomic mass is 10.0. The minimum atomic E-state index is -3.64. The van der Waals surface area contributed by atoms with E-state index in [1.54, 1.807) is 13.0 Å². The summed E-state index contributed by atoms with van der Waals surface area (Å²) >= 11 is 0. The Bertz CT molecular complexity index is 1410. The number of nitrogens with zero attached hydrogens (tertiary/aromatic N) is 1. The van der Waals surface area contributed by atoms with Crippen LogP contribution in [0.3, 0.4) is 0 Å². The molecular weight excluding hydrogens is 448 g/mol. The molecular formula is C26H28N4O3S. The highest BCUT2D eigenvalue weighted by Crippen LogP contribution is 2.37. The van der Waals surface area contributed by atoms with Gasteiger partial charge in [0.2, 0.25) is 0 Å². The second kappa shape index (κ2) is 8.77. The third kappa shape index (κ3) is 4.26. The van der Waals surface area contributed by atoms with Crippen molar-refractivity contribution in [3.63, 3.8) is 0 Å². The number of nitrogens with two attached hydrogens (primary N) is 1. The van der Waals surface area contributed by atoms with Gasteiger partial charge in [-0.15, -0.1) is 0 Å². The Morgan fingerprint density at radius 1 is 1.09 bits per heavy atom. The van der Waals surface area contributed by atoms with Crippen LogP contribution in [0.4, 0.5) is 5.69 Å². The average molecular weight is 477 g/mol. The highest BCUT2D eigenvalue weighted by atomic mass is 32.2. The molecule has 0 radical (unpaired) electrons. The number of hydrogen-bond acceptors (Lipinski definition) is 5. The molecule has 0 unspecified atom stereocenters. The van der Waals surface area contributed by atoms with E-state index in [1.807, 2.05) is 54.6 Å². The van der Waals surface area contributed by atoms with Crippen molar-refractivity contribution in [2.45, 2.75) is 32.4 Å². The van der Waals surface area contributed by atoms with Gasteiger partial charge in [-0.2, -0.15) is 0 Å². The Kier molecular flexibility index (Phi) is 5.79. The van der Waals surface area contributed by atoms with Crippen molar-refractivity contribution in [1.82, 2.24) is 5.32 Å². The largest absolute Gasteiger partial charge is 0.490 e. The summed E-state index contributed by atoms with van der Waals surface area (Å²) in [5, 5.41) is 12.9. The molecule has 0 aromatic heterocycles. The second-order valence-electron chi connectivity index (χ2n) is 8.86. The van der Waals surface area contributed by atoms with E-state index in [2.05, 4.69) is 5.32 Å². The van der Waals surface area contributed by atoms with Crippen molar-refractivity contribution in [1.29, 1.82) is 5.41 Å². The van der Waals surface area contributed by atoms with Gasteiger partial charge in [0, 0.05) is 11.1 Å². The lowest BCUT2D eigenvalue weighted by Crippen LogP contribution is -2.34. The molecule has 8 heteroatoms. The minimum Gasteiger partial charge on any atom is -0.490 e. The molecule has 3 aromatic carbocycles. The maximum absolute atomic E-state index is 13.3. The predicted molar refractivity (Wildman–Crippen MR) is 137 cm³/mol. The molecule has 1 saturated heterocycles. The smallest absolute Gasteiger partial charge is 0.260 e. The van der Waals surface area contributed by atoms with Gasteiger partial charge in [-0.1, -0.05) is 24.3 Å². The van der Waals surface area contributed by atoms with E-state index < -0.39 is 10.0 Å². The SMILES string of the molecule is CC1=Cc2cc(OC3CCNCC3)ccc2N(Cc2ccc3ccc(C(=N)N)cc3c2)S1(=O)=O. The summed E-state index contributed by atoms with van der Waals surface area (Å²) < 4.78 is 34.2. The number of sulfonamides is 1. The standard InChI is InChI=1S/C26H28N4O3S/c1-17-12-22-15-24(33-23-8-10-29-11-9-23)6-7-25(22)30(34(17,31)32)16-18-2-3-19-4-5-20(26(27)28)14-21(19)13-18/h2-7,12-15,23,29H,8-11,16H2,1H3,(H3,27,28). The maximum atomic E-state index is 13.3. The quantitative estimate of drug-likeness (QED) is 0.381. The molecule has 0 spiro atoms. The Hall–Kier alpha value is -3.36. The summed E-state index contributed by atoms with van der Waals surface area (Å²) in [7, 11) is -3.64. The van der Waals surface area contributed by atoms with E-state index in [4.69, 9.17) is 15.9 Å². The van der Waals surface area contributed by atoms with Gasteiger partial charge in [0.05, 0.1) is 17.1 Å². The Labute approximate surface area is 199 Å². The number of ether oxygens (including phenoxy) is 1. The molecule has 176 valence electrons. The first-order valence-electron chi connectivity index (χ1n) is 11.4. The third-order valence-electron chi connectivity index (χ3n) is 6.45. The number of nitrogen functional groups attached to an aromatic ring is 1. The van der Waals surface area contributed by atoms with E-state index in [0.29, 0.717) is 16.2 Å². The molecule has 0 bridgehead atoms. The molecule has 7 nitrogen and oxygen atoms in total. The number of fused-ring (bicyclic) bond motifs is 2. The summed E-state index contributed by atoms with van der Waals surface area (Å²) in [5.41, 5.74) is 8.61. The third-order valence-corrected chi connectivity index (χ3v) is 8.29. The van der Waals surface area contributed by atoms with Gasteiger partial charge in [0.1, 0.15) is 17.7 Å². The first-order valence-corrected chi connectivity index (χ1v) is 12.8. The fourth-order valence-electron chi connectivity index (χ4n) is 4.55. The summed E-state index contributed by atoms with van der Waals surface area (Å²) in [4.78, 5) is 0.304. The van der Waals surface area contributed by atoms with Crippen LogP contribution in [0.5, 0.6) is 5.75 Å². The molecule has 0 aliphatic carbocycles. The van der Waals surface area contributed by atoms with Crippen molar-refractivity contribution >= 4 is 38.4 Å². The van der Waals surface area contributed by atoms with Crippen LogP contribution in [0, 0.1) is 5.41 Å². The molecule has 0 saturated carbocycles. The van der Waals surface area contributed by atoms with Gasteiger partial charge in [-0.05, 0) is 85.6 Å². The zero-order valence-corrected chi connectivity index (χ0v) is 19.9. The summed E-state index contributed by atoms with van der Waals surface area (Å²) in [6, 6.07) is 17.1. The number of benzene rings is 3. The van der Waals surface area contributed by atoms with E-state index in [1.165, 1.54) is 4.31 Å². The van der Waals surface area contributed by atoms with Crippen LogP contribution in [-0.2, 0) is 16.6 Å². The zero-order valence-electron chi connectivity index (χ0n) is 19.0. The van der Waals surface area contributed by atoms with E-state index in [9.17, 15) is 8.42 Å². The van der Waals surface area contributed by atoms with Gasteiger partial charge >= 0.3 is 0 Å². The van der Waals surface area contributed by atoms with Crippen LogP contribution in [0.15, 0.2) is 59.5 Å². The van der Waals surface area contributed by atoms with Crippen LogP contribution in [-0.4, -0.2) is 33.4 Å². The second-order valence-corrected chi connectivity index (χ2v) is 10.9. The Balaban J connectivity index is 1.47. The van der Waals surface area contributed by atoms with Crippen LogP contribution < -0.4 is 20.1 Å². The van der Waals surface area contributed by atoms with E-state index in [-0.39, 0.29) is 18.5 Å². The molecule has 4 N–H and O–H groups in total. The number of rotatable bonds is 5. The number of nitrogens with one attached hydrogen (secondary N) is 2. The number of piperidine rings is 1. The summed E-state index contributed by atoms with van der Waals surface area (Å²) in [6.07, 6.45) is 3.81. The Morgan fingerprint density at radius 3 is 2.62 bits per heavy atom. The lowest BCUT2D eigenvalue weighted by Gasteiger charge is -2.31. The number of anilines is 1. The van der Waals surface area contributed by atoms with Crippen molar-refractivity contribution in [3.05, 3.63) is 76.2 Å². The van der Waals surface area contributed by atoms with Gasteiger partial charge in [-0.3, -0.25) is 9.71 Å². The van der Waals surface area contributed by atoms with Crippen LogP contribution >= 0.6 is 0 Å². The van der Waals surface area contributed by atoms with E-state index >= 15 is 0 Å². The van der Waals surface area contributed by atoms with Crippen molar-refractivity contribution in [3.8, 4) is 5.75 Å². The average Bonchev–Trinajstić information content (AvgIpc) is 2.82. The van der Waals surface area contributed by atoms with Gasteiger partial charge in [-0.25, -0.2) is 8.42 Å². The first kappa shape index (κ1) is 22.4. The number of allylic oxidation sites excluding steroid dienone is 1. The van der Waals surface area contributed by atoms with Crippen molar-refractivity contribution in [2.24, 2.45) is 5.73 Å². The zero-order chi connectivity index (χ0) is 23.9. The molecule has 2 aliphatic heterocycles. The highest BCUT2D eigenvalue weighted by molar-refractivity contribution is 7.96. The minimum absolute atomic E-state index is 0.00288. The number of hydrogen-bond donors (Lipinski definition) is 3. The highest BCUT2D eigenvalue weighted by Gasteiger charge is 2.31. The Morgan fingerprint density at radius 2 is 1.85 bits per heavy atom. The molecule has 0 atom stereocenters. The molecule has 2 heterocycles. The molecule has 34 heavy (non-hydrogen) atoms. The fourth-order valence-corrected chi connectivity index (χ4v) is 5.92. The maximum Gasteiger partial charge on any atom is 0.260 e. The van der Waals surface area contributed by atoms with Gasteiger partial charge in [0.25, 0.3) is 10.0 Å². The van der Waals surface area contributed by atoms with Gasteiger partial charge < -0.3 is 15.8 Å². The molecule has 3 aromatic rings. The van der Waals surface area contributed by atoms with Crippen LogP contribution in [0.1, 0.15) is 36.5 Å². The summed E-state index contributed by atoms with van der Waals surface area (Å²) in [5.74, 6) is 0.763.